The molecule has 0 aromatic carbocycles. The van der Waals surface area contributed by atoms with Gasteiger partial charge in [-0.15, -0.1) is 11.8 Å². The van der Waals surface area contributed by atoms with E-state index in [1.54, 1.807) is 6.92 Å². The van der Waals surface area contributed by atoms with E-state index in [0.717, 1.165) is 18.7 Å². The number of hydrogen-bond acceptors (Lipinski definition) is 5. The molecule has 0 radical (unpaired) electrons. The van der Waals surface area contributed by atoms with Crippen molar-refractivity contribution in [3.63, 3.8) is 0 Å². The standard InChI is InChI=1S/C18H28N2O4S/c1-6-15(20-10-7-8-16(20)21)13(4)25-14(5)17(22)19-9-11-24-18(23)12(2)3/h6,13-14H,2,7-11H2,1,3-5H3,(H,19,22). The summed E-state index contributed by atoms with van der Waals surface area (Å²) in [6.07, 6.45) is 3.42. The highest BCUT2D eigenvalue weighted by Crippen LogP contribution is 2.28. The maximum absolute atomic E-state index is 12.2. The quantitative estimate of drug-likeness (QED) is 0.384. The summed E-state index contributed by atoms with van der Waals surface area (Å²) in [5.74, 6) is -0.429. The van der Waals surface area contributed by atoms with Crippen LogP contribution in [0.2, 0.25) is 0 Å². The van der Waals surface area contributed by atoms with Crippen LogP contribution >= 0.6 is 11.8 Å². The third-order valence-corrected chi connectivity index (χ3v) is 5.13. The number of thioether (sulfide) groups is 1. The number of carbonyl (C=O) groups is 3. The fraction of sp³-hybridized carbons (Fsp3) is 0.611. The van der Waals surface area contributed by atoms with Gasteiger partial charge in [0.15, 0.2) is 0 Å². The predicted molar refractivity (Wildman–Crippen MR) is 100 cm³/mol. The van der Waals surface area contributed by atoms with Gasteiger partial charge in [0.05, 0.1) is 11.8 Å². The normalized spacial score (nSPS) is 17.2. The molecule has 0 aliphatic carbocycles. The molecule has 2 atom stereocenters. The van der Waals surface area contributed by atoms with E-state index in [4.69, 9.17) is 4.74 Å². The van der Waals surface area contributed by atoms with Crippen LogP contribution in [-0.4, -0.2) is 52.9 Å². The molecule has 0 saturated carbocycles. The van der Waals surface area contributed by atoms with E-state index >= 15 is 0 Å². The van der Waals surface area contributed by atoms with E-state index in [9.17, 15) is 14.4 Å². The zero-order valence-electron chi connectivity index (χ0n) is 15.5. The van der Waals surface area contributed by atoms with Crippen molar-refractivity contribution in [1.29, 1.82) is 0 Å². The van der Waals surface area contributed by atoms with Crippen LogP contribution in [0.4, 0.5) is 0 Å². The number of nitrogens with zero attached hydrogens (tertiary/aromatic N) is 1. The molecule has 1 rings (SSSR count). The number of nitrogens with one attached hydrogen (secondary N) is 1. The molecule has 2 unspecified atom stereocenters. The van der Waals surface area contributed by atoms with Gasteiger partial charge in [-0.25, -0.2) is 4.79 Å². The fourth-order valence-electron chi connectivity index (χ4n) is 2.55. The Morgan fingerprint density at radius 1 is 1.40 bits per heavy atom. The van der Waals surface area contributed by atoms with E-state index in [0.29, 0.717) is 12.0 Å². The highest BCUT2D eigenvalue weighted by Gasteiger charge is 2.28. The minimum absolute atomic E-state index is 0.0362. The first kappa shape index (κ1) is 21.3. The van der Waals surface area contributed by atoms with Crippen LogP contribution in [0.5, 0.6) is 0 Å². The summed E-state index contributed by atoms with van der Waals surface area (Å²) in [6, 6.07) is 0. The second kappa shape index (κ2) is 10.3. The van der Waals surface area contributed by atoms with Crippen LogP contribution in [-0.2, 0) is 19.1 Å². The highest BCUT2D eigenvalue weighted by molar-refractivity contribution is 8.01. The largest absolute Gasteiger partial charge is 0.460 e. The lowest BCUT2D eigenvalue weighted by molar-refractivity contribution is -0.139. The number of likely N-dealkylation sites (tertiary alicyclic amines) is 1. The number of esters is 1. The molecule has 0 aromatic heterocycles. The Hall–Kier alpha value is -1.76. The second-order valence-electron chi connectivity index (χ2n) is 5.99. The lowest BCUT2D eigenvalue weighted by Gasteiger charge is -2.26. The van der Waals surface area contributed by atoms with Gasteiger partial charge in [0, 0.05) is 29.5 Å². The minimum Gasteiger partial charge on any atom is -0.460 e. The van der Waals surface area contributed by atoms with Gasteiger partial charge in [0.1, 0.15) is 6.61 Å². The summed E-state index contributed by atoms with van der Waals surface area (Å²) in [5, 5.41) is 2.51. The molecule has 1 heterocycles. The molecule has 1 N–H and O–H groups in total. The van der Waals surface area contributed by atoms with Crippen molar-refractivity contribution >= 4 is 29.5 Å². The number of rotatable bonds is 9. The third kappa shape index (κ3) is 6.57. The summed E-state index contributed by atoms with van der Waals surface area (Å²) in [6.45, 7) is 11.9. The number of amides is 2. The lowest BCUT2D eigenvalue weighted by atomic mass is 10.3. The summed E-state index contributed by atoms with van der Waals surface area (Å²) in [4.78, 5) is 37.2. The second-order valence-corrected chi connectivity index (χ2v) is 7.68. The monoisotopic (exact) mass is 368 g/mol. The molecule has 0 bridgehead atoms. The topological polar surface area (TPSA) is 75.7 Å². The number of carbonyl (C=O) groups excluding carboxylic acids is 3. The van der Waals surface area contributed by atoms with Crippen LogP contribution in [0, 0.1) is 0 Å². The van der Waals surface area contributed by atoms with Crippen molar-refractivity contribution in [3.05, 3.63) is 23.9 Å². The van der Waals surface area contributed by atoms with E-state index in [1.807, 2.05) is 31.7 Å². The van der Waals surface area contributed by atoms with Crippen molar-refractivity contribution in [2.75, 3.05) is 19.7 Å². The van der Waals surface area contributed by atoms with Crippen LogP contribution in [0.25, 0.3) is 0 Å². The van der Waals surface area contributed by atoms with E-state index in [2.05, 4.69) is 11.9 Å². The molecule has 1 fully saturated rings. The molecular weight excluding hydrogens is 340 g/mol. The average Bonchev–Trinajstić information content (AvgIpc) is 2.97. The highest BCUT2D eigenvalue weighted by atomic mass is 32.2. The third-order valence-electron chi connectivity index (χ3n) is 3.86. The fourth-order valence-corrected chi connectivity index (χ4v) is 3.78. The van der Waals surface area contributed by atoms with Crippen molar-refractivity contribution < 1.29 is 19.1 Å². The summed E-state index contributed by atoms with van der Waals surface area (Å²) < 4.78 is 4.94. The Morgan fingerprint density at radius 2 is 2.08 bits per heavy atom. The molecule has 6 nitrogen and oxygen atoms in total. The molecule has 2 amide bonds. The Labute approximate surface area is 154 Å². The van der Waals surface area contributed by atoms with Crippen molar-refractivity contribution in [3.8, 4) is 0 Å². The first-order valence-corrected chi connectivity index (χ1v) is 9.44. The number of ether oxygens (including phenoxy) is 1. The van der Waals surface area contributed by atoms with Gasteiger partial charge in [0.25, 0.3) is 0 Å². The van der Waals surface area contributed by atoms with E-state index < -0.39 is 5.97 Å². The van der Waals surface area contributed by atoms with Crippen LogP contribution < -0.4 is 5.32 Å². The summed E-state index contributed by atoms with van der Waals surface area (Å²) in [5.41, 5.74) is 1.29. The molecule has 1 saturated heterocycles. The number of allylic oxidation sites excluding steroid dienone is 1. The Kier molecular flexibility index (Phi) is 8.75. The van der Waals surface area contributed by atoms with Crippen molar-refractivity contribution in [1.82, 2.24) is 10.2 Å². The van der Waals surface area contributed by atoms with Gasteiger partial charge >= 0.3 is 5.97 Å². The first-order chi connectivity index (χ1) is 11.8. The van der Waals surface area contributed by atoms with Gasteiger partial charge < -0.3 is 15.0 Å². The summed E-state index contributed by atoms with van der Waals surface area (Å²) >= 11 is 1.50. The van der Waals surface area contributed by atoms with E-state index in [1.165, 1.54) is 11.8 Å². The summed E-state index contributed by atoms with van der Waals surface area (Å²) in [7, 11) is 0. The lowest BCUT2D eigenvalue weighted by Crippen LogP contribution is -2.36. The molecule has 7 heteroatoms. The van der Waals surface area contributed by atoms with Crippen molar-refractivity contribution in [2.24, 2.45) is 0 Å². The van der Waals surface area contributed by atoms with Gasteiger partial charge in [-0.1, -0.05) is 12.7 Å². The Balaban J connectivity index is 2.41. The van der Waals surface area contributed by atoms with Crippen molar-refractivity contribution in [2.45, 2.75) is 51.0 Å². The van der Waals surface area contributed by atoms with E-state index in [-0.39, 0.29) is 35.5 Å². The molecule has 140 valence electrons. The van der Waals surface area contributed by atoms with Crippen LogP contribution in [0.1, 0.15) is 40.5 Å². The predicted octanol–water partition coefficient (Wildman–Crippen LogP) is 2.26. The molecular formula is C18H28N2O4S. The van der Waals surface area contributed by atoms with Crippen LogP contribution in [0.3, 0.4) is 0 Å². The molecule has 1 aliphatic rings. The molecule has 25 heavy (non-hydrogen) atoms. The Bertz CT molecular complexity index is 559. The van der Waals surface area contributed by atoms with Crippen LogP contribution in [0.15, 0.2) is 23.9 Å². The Morgan fingerprint density at radius 3 is 2.60 bits per heavy atom. The van der Waals surface area contributed by atoms with Gasteiger partial charge in [-0.2, -0.15) is 0 Å². The first-order valence-electron chi connectivity index (χ1n) is 8.50. The molecule has 1 aliphatic heterocycles. The smallest absolute Gasteiger partial charge is 0.333 e. The maximum Gasteiger partial charge on any atom is 0.333 e. The molecule has 0 aromatic rings. The van der Waals surface area contributed by atoms with Gasteiger partial charge in [-0.3, -0.25) is 9.59 Å². The number of hydrogen-bond donors (Lipinski definition) is 1. The SMILES string of the molecule is C=C(C)C(=O)OCCNC(=O)C(C)SC(C)C(=CC)N1CCCC1=O. The zero-order valence-corrected chi connectivity index (χ0v) is 16.3. The minimum atomic E-state index is -0.460. The maximum atomic E-state index is 12.2. The van der Waals surface area contributed by atoms with Gasteiger partial charge in [0.2, 0.25) is 11.8 Å². The average molecular weight is 368 g/mol. The zero-order chi connectivity index (χ0) is 19.0. The molecule has 0 spiro atoms. The van der Waals surface area contributed by atoms with Gasteiger partial charge in [-0.05, 0) is 34.1 Å².